The first kappa shape index (κ1) is 21.1. The van der Waals surface area contributed by atoms with Gasteiger partial charge in [-0.3, -0.25) is 14.3 Å². The Balaban J connectivity index is 1.70. The number of anilines is 2. The molecule has 7 nitrogen and oxygen atoms in total. The van der Waals surface area contributed by atoms with E-state index in [4.69, 9.17) is 5.73 Å². The van der Waals surface area contributed by atoms with Gasteiger partial charge in [0.1, 0.15) is 0 Å². The molecule has 0 heterocycles. The van der Waals surface area contributed by atoms with Gasteiger partial charge in [0, 0.05) is 22.5 Å². The molecule has 0 aliphatic rings. The molecule has 0 unspecified atom stereocenters. The van der Waals surface area contributed by atoms with Crippen molar-refractivity contribution in [3.8, 4) is 0 Å². The average molecular weight is 423 g/mol. The van der Waals surface area contributed by atoms with Crippen molar-refractivity contribution in [2.75, 3.05) is 10.0 Å². The molecule has 3 rings (SSSR count). The summed E-state index contributed by atoms with van der Waals surface area (Å²) in [5, 5.41) is 2.70. The zero-order valence-corrected chi connectivity index (χ0v) is 17.3. The summed E-state index contributed by atoms with van der Waals surface area (Å²) in [5.74, 6) is -0.919. The first-order chi connectivity index (χ1) is 14.2. The van der Waals surface area contributed by atoms with Crippen LogP contribution in [-0.2, 0) is 10.0 Å². The van der Waals surface area contributed by atoms with Crippen LogP contribution in [-0.4, -0.2) is 20.2 Å². The fourth-order valence-corrected chi connectivity index (χ4v) is 3.85. The first-order valence-corrected chi connectivity index (χ1v) is 10.6. The highest BCUT2D eigenvalue weighted by molar-refractivity contribution is 7.92. The van der Waals surface area contributed by atoms with Crippen molar-refractivity contribution in [3.63, 3.8) is 0 Å². The minimum absolute atomic E-state index is 0.173. The summed E-state index contributed by atoms with van der Waals surface area (Å²) in [5.41, 5.74) is 8.62. The molecule has 0 aromatic heterocycles. The second-order valence-electron chi connectivity index (χ2n) is 6.82. The lowest BCUT2D eigenvalue weighted by Crippen LogP contribution is -2.15. The molecule has 0 spiro atoms. The molecule has 2 amide bonds. The third kappa shape index (κ3) is 4.84. The number of aryl methyl sites for hydroxylation is 2. The number of benzene rings is 3. The van der Waals surface area contributed by atoms with Crippen LogP contribution in [0.1, 0.15) is 31.8 Å². The number of carbonyl (C=O) groups is 2. The Morgan fingerprint density at radius 1 is 0.767 bits per heavy atom. The number of rotatable bonds is 6. The molecule has 154 valence electrons. The van der Waals surface area contributed by atoms with Gasteiger partial charge in [-0.2, -0.15) is 0 Å². The van der Waals surface area contributed by atoms with E-state index in [9.17, 15) is 18.0 Å². The molecule has 3 aromatic rings. The van der Waals surface area contributed by atoms with Crippen molar-refractivity contribution < 1.29 is 18.0 Å². The Labute approximate surface area is 175 Å². The van der Waals surface area contributed by atoms with Crippen molar-refractivity contribution in [3.05, 3.63) is 89.0 Å². The van der Waals surface area contributed by atoms with Gasteiger partial charge in [0.2, 0.25) is 5.91 Å². The molecule has 0 saturated carbocycles. The molecule has 3 aromatic carbocycles. The van der Waals surface area contributed by atoms with E-state index in [1.165, 1.54) is 36.4 Å². The number of primary amides is 1. The Hall–Kier alpha value is -3.65. The van der Waals surface area contributed by atoms with Gasteiger partial charge < -0.3 is 11.1 Å². The fraction of sp³-hybridized carbons (Fsp3) is 0.0909. The van der Waals surface area contributed by atoms with Crippen LogP contribution < -0.4 is 15.8 Å². The van der Waals surface area contributed by atoms with Crippen LogP contribution in [0.5, 0.6) is 0 Å². The largest absolute Gasteiger partial charge is 0.366 e. The minimum atomic E-state index is -3.73. The van der Waals surface area contributed by atoms with Crippen molar-refractivity contribution in [2.24, 2.45) is 5.73 Å². The molecular weight excluding hydrogens is 402 g/mol. The Kier molecular flexibility index (Phi) is 5.89. The number of nitrogens with one attached hydrogen (secondary N) is 2. The van der Waals surface area contributed by atoms with E-state index in [0.717, 1.165) is 11.1 Å². The highest BCUT2D eigenvalue weighted by atomic mass is 32.2. The van der Waals surface area contributed by atoms with Crippen molar-refractivity contribution in [1.29, 1.82) is 0 Å². The number of amides is 2. The van der Waals surface area contributed by atoms with E-state index >= 15 is 0 Å². The summed E-state index contributed by atoms with van der Waals surface area (Å²) >= 11 is 0. The standard InChI is InChI=1S/C22H21N3O4S/c1-14-3-12-20(13-15(14)2)30(28,29)25-19-10-6-17(7-11-19)22(27)24-18-8-4-16(5-9-18)21(23)26/h3-13,25H,1-2H3,(H2,23,26)(H,24,27). The summed E-state index contributed by atoms with van der Waals surface area (Å²) in [6, 6.07) is 17.2. The lowest BCUT2D eigenvalue weighted by atomic mass is 10.1. The van der Waals surface area contributed by atoms with Crippen LogP contribution in [0.2, 0.25) is 0 Å². The molecule has 0 saturated heterocycles. The van der Waals surface area contributed by atoms with Gasteiger partial charge in [0.25, 0.3) is 15.9 Å². The van der Waals surface area contributed by atoms with Gasteiger partial charge in [0.05, 0.1) is 4.90 Å². The van der Waals surface area contributed by atoms with E-state index in [-0.39, 0.29) is 10.8 Å². The maximum absolute atomic E-state index is 12.6. The predicted molar refractivity (Wildman–Crippen MR) is 116 cm³/mol. The van der Waals surface area contributed by atoms with Gasteiger partial charge in [0.15, 0.2) is 0 Å². The zero-order valence-electron chi connectivity index (χ0n) is 16.5. The number of nitrogens with two attached hydrogens (primary N) is 1. The molecule has 0 atom stereocenters. The van der Waals surface area contributed by atoms with Crippen LogP contribution in [0.3, 0.4) is 0 Å². The lowest BCUT2D eigenvalue weighted by molar-refractivity contribution is 0.0998. The van der Waals surface area contributed by atoms with Crippen molar-refractivity contribution >= 4 is 33.2 Å². The highest BCUT2D eigenvalue weighted by Crippen LogP contribution is 2.20. The molecule has 4 N–H and O–H groups in total. The van der Waals surface area contributed by atoms with Crippen molar-refractivity contribution in [1.82, 2.24) is 0 Å². The monoisotopic (exact) mass is 423 g/mol. The molecular formula is C22H21N3O4S. The first-order valence-electron chi connectivity index (χ1n) is 9.07. The predicted octanol–water partition coefficient (Wildman–Crippen LogP) is 3.46. The van der Waals surface area contributed by atoms with Crippen LogP contribution in [0, 0.1) is 13.8 Å². The number of hydrogen-bond acceptors (Lipinski definition) is 4. The highest BCUT2D eigenvalue weighted by Gasteiger charge is 2.15. The lowest BCUT2D eigenvalue weighted by Gasteiger charge is -2.11. The maximum Gasteiger partial charge on any atom is 0.261 e. The summed E-state index contributed by atoms with van der Waals surface area (Å²) in [6.07, 6.45) is 0. The topological polar surface area (TPSA) is 118 Å². The molecule has 0 aliphatic carbocycles. The number of sulfonamides is 1. The molecule has 0 aliphatic heterocycles. The van der Waals surface area contributed by atoms with Gasteiger partial charge >= 0.3 is 0 Å². The van der Waals surface area contributed by atoms with E-state index < -0.39 is 15.9 Å². The second-order valence-corrected chi connectivity index (χ2v) is 8.51. The van der Waals surface area contributed by atoms with Crippen LogP contribution >= 0.6 is 0 Å². The SMILES string of the molecule is Cc1ccc(S(=O)(=O)Nc2ccc(C(=O)Nc3ccc(C(N)=O)cc3)cc2)cc1C. The Bertz CT molecular complexity index is 1200. The van der Waals surface area contributed by atoms with Gasteiger partial charge in [-0.05, 0) is 85.6 Å². The summed E-state index contributed by atoms with van der Waals surface area (Å²) in [6.45, 7) is 3.76. The zero-order chi connectivity index (χ0) is 21.9. The molecule has 8 heteroatoms. The smallest absolute Gasteiger partial charge is 0.261 e. The van der Waals surface area contributed by atoms with Gasteiger partial charge in [-0.15, -0.1) is 0 Å². The fourth-order valence-electron chi connectivity index (χ4n) is 2.71. The van der Waals surface area contributed by atoms with Crippen LogP contribution in [0.4, 0.5) is 11.4 Å². The summed E-state index contributed by atoms with van der Waals surface area (Å²) < 4.78 is 27.7. The Morgan fingerprint density at radius 3 is 1.90 bits per heavy atom. The van der Waals surface area contributed by atoms with Crippen LogP contribution in [0.15, 0.2) is 71.6 Å². The summed E-state index contributed by atoms with van der Waals surface area (Å²) in [4.78, 5) is 23.6. The normalized spacial score (nSPS) is 11.0. The number of hydrogen-bond donors (Lipinski definition) is 3. The van der Waals surface area contributed by atoms with Crippen LogP contribution in [0.25, 0.3) is 0 Å². The molecule has 30 heavy (non-hydrogen) atoms. The molecule has 0 bridgehead atoms. The second kappa shape index (κ2) is 8.38. The van der Waals surface area contributed by atoms with E-state index in [1.54, 1.807) is 30.3 Å². The third-order valence-corrected chi connectivity index (χ3v) is 5.99. The van der Waals surface area contributed by atoms with Gasteiger partial charge in [-0.1, -0.05) is 6.07 Å². The van der Waals surface area contributed by atoms with Gasteiger partial charge in [-0.25, -0.2) is 8.42 Å². The van der Waals surface area contributed by atoms with E-state index in [2.05, 4.69) is 10.0 Å². The average Bonchev–Trinajstić information content (AvgIpc) is 2.70. The van der Waals surface area contributed by atoms with E-state index in [0.29, 0.717) is 22.5 Å². The third-order valence-electron chi connectivity index (χ3n) is 4.62. The number of carbonyl (C=O) groups excluding carboxylic acids is 2. The maximum atomic E-state index is 12.6. The quantitative estimate of drug-likeness (QED) is 0.563. The molecule has 0 fully saturated rings. The van der Waals surface area contributed by atoms with Crippen molar-refractivity contribution in [2.45, 2.75) is 18.7 Å². The minimum Gasteiger partial charge on any atom is -0.366 e. The Morgan fingerprint density at radius 2 is 1.33 bits per heavy atom. The summed E-state index contributed by atoms with van der Waals surface area (Å²) in [7, 11) is -3.73. The molecule has 0 radical (unpaired) electrons. The van der Waals surface area contributed by atoms with E-state index in [1.807, 2.05) is 13.8 Å².